The Morgan fingerprint density at radius 2 is 2.17 bits per heavy atom. The van der Waals surface area contributed by atoms with Gasteiger partial charge in [0.15, 0.2) is 5.54 Å². The molecular weight excluding hydrogens is 340 g/mol. The number of carbonyl (C=O) groups excluding carboxylic acids is 2. The second kappa shape index (κ2) is 9.79. The van der Waals surface area contributed by atoms with Gasteiger partial charge >= 0.3 is 5.97 Å². The fourth-order valence-electron chi connectivity index (χ4n) is 1.71. The Balaban J connectivity index is 0.00000484. The van der Waals surface area contributed by atoms with Crippen molar-refractivity contribution < 1.29 is 14.3 Å². The number of hydrogen-bond donors (Lipinski definition) is 2. The number of anilines is 1. The standard InChI is InChI=1S/C14H24N4O3S.ClH/c1-5-21-13(20)14(2,3)18-9-10(8-16-18)17-12(19)11(15)6-7-22-4;/h8-9,11H,5-7,15H2,1-4H3,(H,17,19);1H/t11-;/m0./s1. The number of amides is 1. The van der Waals surface area contributed by atoms with Crippen LogP contribution >= 0.6 is 24.2 Å². The van der Waals surface area contributed by atoms with E-state index in [9.17, 15) is 9.59 Å². The van der Waals surface area contributed by atoms with Gasteiger partial charge in [-0.1, -0.05) is 0 Å². The van der Waals surface area contributed by atoms with Crippen molar-refractivity contribution in [2.24, 2.45) is 5.73 Å². The van der Waals surface area contributed by atoms with Crippen LogP contribution in [0, 0.1) is 0 Å². The number of nitrogens with two attached hydrogens (primary N) is 1. The number of rotatable bonds is 8. The largest absolute Gasteiger partial charge is 0.464 e. The highest BCUT2D eigenvalue weighted by Gasteiger charge is 2.32. The second-order valence-corrected chi connectivity index (χ2v) is 6.32. The quantitative estimate of drug-likeness (QED) is 0.680. The van der Waals surface area contributed by atoms with Crippen LogP contribution in [-0.4, -0.2) is 46.3 Å². The third kappa shape index (κ3) is 6.04. The van der Waals surface area contributed by atoms with Crippen LogP contribution < -0.4 is 11.1 Å². The van der Waals surface area contributed by atoms with Crippen molar-refractivity contribution in [1.82, 2.24) is 9.78 Å². The third-order valence-corrected chi connectivity index (χ3v) is 3.81. The number of hydrogen-bond acceptors (Lipinski definition) is 6. The molecule has 0 spiro atoms. The number of thioether (sulfide) groups is 1. The number of aromatic nitrogens is 2. The van der Waals surface area contributed by atoms with E-state index in [1.807, 2.05) is 6.26 Å². The average molecular weight is 365 g/mol. The Hall–Kier alpha value is -1.25. The summed E-state index contributed by atoms with van der Waals surface area (Å²) in [5.41, 5.74) is 5.36. The molecule has 0 fully saturated rings. The molecule has 23 heavy (non-hydrogen) atoms. The summed E-state index contributed by atoms with van der Waals surface area (Å²) in [4.78, 5) is 23.9. The predicted molar refractivity (Wildman–Crippen MR) is 95.0 cm³/mol. The minimum Gasteiger partial charge on any atom is -0.464 e. The summed E-state index contributed by atoms with van der Waals surface area (Å²) in [7, 11) is 0. The molecule has 0 aliphatic rings. The first-order valence-corrected chi connectivity index (χ1v) is 8.50. The Morgan fingerprint density at radius 3 is 2.74 bits per heavy atom. The highest BCUT2D eigenvalue weighted by atomic mass is 35.5. The minimum absolute atomic E-state index is 0. The van der Waals surface area contributed by atoms with Crippen molar-refractivity contribution in [2.75, 3.05) is 23.9 Å². The van der Waals surface area contributed by atoms with Crippen molar-refractivity contribution in [3.05, 3.63) is 12.4 Å². The normalized spacial score (nSPS) is 12.2. The number of halogens is 1. The van der Waals surface area contributed by atoms with Crippen molar-refractivity contribution in [3.63, 3.8) is 0 Å². The third-order valence-electron chi connectivity index (χ3n) is 3.17. The zero-order valence-corrected chi connectivity index (χ0v) is 15.5. The van der Waals surface area contributed by atoms with Crippen molar-refractivity contribution in [3.8, 4) is 0 Å². The van der Waals surface area contributed by atoms with Gasteiger partial charge in [-0.2, -0.15) is 16.9 Å². The van der Waals surface area contributed by atoms with Crippen LogP contribution in [-0.2, 0) is 19.9 Å². The lowest BCUT2D eigenvalue weighted by Crippen LogP contribution is -2.38. The maximum Gasteiger partial charge on any atom is 0.333 e. The van der Waals surface area contributed by atoms with E-state index in [1.54, 1.807) is 38.7 Å². The molecule has 1 rings (SSSR count). The van der Waals surface area contributed by atoms with Gasteiger partial charge in [-0.3, -0.25) is 9.48 Å². The molecule has 0 radical (unpaired) electrons. The molecule has 1 atom stereocenters. The molecule has 132 valence electrons. The van der Waals surface area contributed by atoms with E-state index in [4.69, 9.17) is 10.5 Å². The molecule has 1 aromatic heterocycles. The number of carbonyl (C=O) groups is 2. The zero-order valence-electron chi connectivity index (χ0n) is 13.9. The van der Waals surface area contributed by atoms with E-state index in [-0.39, 0.29) is 24.3 Å². The average Bonchev–Trinajstić information content (AvgIpc) is 2.94. The van der Waals surface area contributed by atoms with E-state index < -0.39 is 11.6 Å². The van der Waals surface area contributed by atoms with Crippen LogP contribution in [0.2, 0.25) is 0 Å². The van der Waals surface area contributed by atoms with Gasteiger partial charge in [0.1, 0.15) is 0 Å². The second-order valence-electron chi connectivity index (χ2n) is 5.33. The van der Waals surface area contributed by atoms with E-state index in [0.717, 1.165) is 5.75 Å². The summed E-state index contributed by atoms with van der Waals surface area (Å²) in [6.45, 7) is 5.46. The number of esters is 1. The lowest BCUT2D eigenvalue weighted by molar-refractivity contribution is -0.152. The molecule has 0 saturated heterocycles. The topological polar surface area (TPSA) is 99.2 Å². The van der Waals surface area contributed by atoms with Crippen LogP contribution in [0.4, 0.5) is 5.69 Å². The van der Waals surface area contributed by atoms with Gasteiger partial charge in [0.25, 0.3) is 0 Å². The maximum absolute atomic E-state index is 11.9. The van der Waals surface area contributed by atoms with Crippen molar-refractivity contribution in [1.29, 1.82) is 0 Å². The molecule has 1 heterocycles. The van der Waals surface area contributed by atoms with Crippen LogP contribution in [0.1, 0.15) is 27.2 Å². The van der Waals surface area contributed by atoms with Gasteiger partial charge in [-0.05, 0) is 39.2 Å². The molecule has 0 unspecified atom stereocenters. The van der Waals surface area contributed by atoms with E-state index in [2.05, 4.69) is 10.4 Å². The summed E-state index contributed by atoms with van der Waals surface area (Å²) >= 11 is 1.64. The SMILES string of the molecule is CCOC(=O)C(C)(C)n1cc(NC(=O)[C@@H](N)CCSC)cn1.Cl. The van der Waals surface area contributed by atoms with Crippen LogP contribution in [0.25, 0.3) is 0 Å². The van der Waals surface area contributed by atoms with Crippen LogP contribution in [0.5, 0.6) is 0 Å². The van der Waals surface area contributed by atoms with Crippen LogP contribution in [0.3, 0.4) is 0 Å². The predicted octanol–water partition coefficient (Wildman–Crippen LogP) is 1.62. The van der Waals surface area contributed by atoms with Gasteiger partial charge in [0.05, 0.1) is 24.5 Å². The maximum atomic E-state index is 11.9. The first kappa shape index (κ1) is 21.8. The van der Waals surface area contributed by atoms with Crippen LogP contribution in [0.15, 0.2) is 12.4 Å². The smallest absolute Gasteiger partial charge is 0.333 e. The van der Waals surface area contributed by atoms with Crippen molar-refractivity contribution >= 4 is 41.7 Å². The van der Waals surface area contributed by atoms with Gasteiger partial charge in [0.2, 0.25) is 5.91 Å². The Kier molecular flexibility index (Phi) is 9.26. The highest BCUT2D eigenvalue weighted by molar-refractivity contribution is 7.98. The minimum atomic E-state index is -0.944. The highest BCUT2D eigenvalue weighted by Crippen LogP contribution is 2.19. The van der Waals surface area contributed by atoms with Gasteiger partial charge in [-0.25, -0.2) is 4.79 Å². The summed E-state index contributed by atoms with van der Waals surface area (Å²) in [5.74, 6) is 0.180. The Morgan fingerprint density at radius 1 is 1.52 bits per heavy atom. The molecular formula is C14H25ClN4O3S. The molecule has 1 amide bonds. The molecule has 9 heteroatoms. The number of nitrogens with zero attached hydrogens (tertiary/aromatic N) is 2. The molecule has 0 saturated carbocycles. The summed E-state index contributed by atoms with van der Waals surface area (Å²) in [5, 5.41) is 6.83. The molecule has 0 aliphatic heterocycles. The molecule has 0 aromatic carbocycles. The fraction of sp³-hybridized carbons (Fsp3) is 0.643. The summed E-state index contributed by atoms with van der Waals surface area (Å²) in [6, 6.07) is -0.561. The monoisotopic (exact) mass is 364 g/mol. The van der Waals surface area contributed by atoms with Gasteiger partial charge < -0.3 is 15.8 Å². The molecule has 0 bridgehead atoms. The molecule has 0 aliphatic carbocycles. The van der Waals surface area contributed by atoms with Gasteiger partial charge in [0, 0.05) is 6.20 Å². The fourth-order valence-corrected chi connectivity index (χ4v) is 2.19. The van der Waals surface area contributed by atoms with E-state index in [0.29, 0.717) is 18.7 Å². The van der Waals surface area contributed by atoms with E-state index >= 15 is 0 Å². The molecule has 7 nitrogen and oxygen atoms in total. The lowest BCUT2D eigenvalue weighted by atomic mass is 10.1. The first-order valence-electron chi connectivity index (χ1n) is 7.10. The number of ether oxygens (including phenoxy) is 1. The Labute approximate surface area is 147 Å². The summed E-state index contributed by atoms with van der Waals surface area (Å²) in [6.07, 6.45) is 5.65. The van der Waals surface area contributed by atoms with Crippen molar-refractivity contribution in [2.45, 2.75) is 38.8 Å². The van der Waals surface area contributed by atoms with Gasteiger partial charge in [-0.15, -0.1) is 12.4 Å². The molecule has 1 aromatic rings. The number of nitrogens with one attached hydrogen (secondary N) is 1. The zero-order chi connectivity index (χ0) is 16.8. The van der Waals surface area contributed by atoms with E-state index in [1.165, 1.54) is 10.9 Å². The lowest BCUT2D eigenvalue weighted by Gasteiger charge is -2.22. The molecule has 3 N–H and O–H groups in total. The summed E-state index contributed by atoms with van der Waals surface area (Å²) < 4.78 is 6.49. The Bertz CT molecular complexity index is 522. The first-order chi connectivity index (χ1) is 10.3.